The lowest BCUT2D eigenvalue weighted by Crippen LogP contribution is -2.24. The smallest absolute Gasteiger partial charge is 0.316 e. The Bertz CT molecular complexity index is 529. The van der Waals surface area contributed by atoms with E-state index in [1.807, 2.05) is 6.92 Å². The average Bonchev–Trinajstić information content (AvgIpc) is 2.34. The summed E-state index contributed by atoms with van der Waals surface area (Å²) < 4.78 is 5.18. The maximum Gasteiger partial charge on any atom is 0.316 e. The lowest BCUT2D eigenvalue weighted by atomic mass is 10.2. The van der Waals surface area contributed by atoms with Gasteiger partial charge in [0.25, 0.3) is 5.69 Å². The molecule has 0 aromatic carbocycles. The molecule has 0 radical (unpaired) electrons. The molecule has 0 aliphatic heterocycles. The molecule has 8 heteroatoms. The van der Waals surface area contributed by atoms with Crippen LogP contribution in [0, 0.1) is 10.1 Å². The van der Waals surface area contributed by atoms with Crippen molar-refractivity contribution in [3.05, 3.63) is 22.2 Å². The summed E-state index contributed by atoms with van der Waals surface area (Å²) in [4.78, 5) is 26.3. The van der Waals surface area contributed by atoms with E-state index in [9.17, 15) is 14.9 Å². The van der Waals surface area contributed by atoms with Crippen LogP contribution in [0.3, 0.4) is 0 Å². The first-order chi connectivity index (χ1) is 9.71. The van der Waals surface area contributed by atoms with Gasteiger partial charge in [-0.05, 0) is 27.7 Å². The molecule has 0 spiro atoms. The van der Waals surface area contributed by atoms with Crippen LogP contribution in [0.1, 0.15) is 27.7 Å². The van der Waals surface area contributed by atoms with Gasteiger partial charge in [-0.15, -0.1) is 0 Å². The highest BCUT2D eigenvalue weighted by atomic mass is 32.2. The number of carbonyl (C=O) groups excluding carboxylic acids is 1. The van der Waals surface area contributed by atoms with E-state index in [2.05, 4.69) is 10.3 Å². The van der Waals surface area contributed by atoms with E-state index in [4.69, 9.17) is 4.74 Å². The number of nitro groups is 1. The Morgan fingerprint density at radius 3 is 2.67 bits per heavy atom. The maximum atomic E-state index is 11.6. The van der Waals surface area contributed by atoms with Gasteiger partial charge in [0.15, 0.2) is 0 Å². The van der Waals surface area contributed by atoms with E-state index in [0.717, 1.165) is 11.8 Å². The topological polar surface area (TPSA) is 94.4 Å². The summed E-state index contributed by atoms with van der Waals surface area (Å²) in [5.41, 5.74) is -0.615. The third-order valence-corrected chi connectivity index (χ3v) is 3.00. The van der Waals surface area contributed by atoms with Crippen molar-refractivity contribution in [1.29, 1.82) is 0 Å². The van der Waals surface area contributed by atoms with Crippen molar-refractivity contribution < 1.29 is 14.5 Å². The lowest BCUT2D eigenvalue weighted by molar-refractivity contribution is -0.385. The number of esters is 1. The van der Waals surface area contributed by atoms with Gasteiger partial charge in [-0.1, -0.05) is 11.8 Å². The first-order valence-electron chi connectivity index (χ1n) is 6.46. The third kappa shape index (κ3) is 6.44. The van der Waals surface area contributed by atoms with Gasteiger partial charge >= 0.3 is 5.97 Å². The maximum absolute atomic E-state index is 11.6. The van der Waals surface area contributed by atoms with Gasteiger partial charge in [-0.25, -0.2) is 4.98 Å². The third-order valence-electron chi connectivity index (χ3n) is 2.11. The van der Waals surface area contributed by atoms with Crippen molar-refractivity contribution in [2.45, 2.75) is 38.3 Å². The van der Waals surface area contributed by atoms with Gasteiger partial charge in [0, 0.05) is 12.6 Å². The Hall–Kier alpha value is -1.83. The van der Waals surface area contributed by atoms with Gasteiger partial charge in [-0.2, -0.15) is 0 Å². The van der Waals surface area contributed by atoms with Crippen LogP contribution in [0.2, 0.25) is 0 Å². The van der Waals surface area contributed by atoms with Crippen LogP contribution in [-0.2, 0) is 9.53 Å². The largest absolute Gasteiger partial charge is 0.459 e. The van der Waals surface area contributed by atoms with Crippen LogP contribution < -0.4 is 5.32 Å². The minimum Gasteiger partial charge on any atom is -0.459 e. The van der Waals surface area contributed by atoms with Crippen molar-refractivity contribution >= 4 is 29.2 Å². The summed E-state index contributed by atoms with van der Waals surface area (Å²) in [5, 5.41) is 14.2. The number of hydrogen-bond acceptors (Lipinski definition) is 7. The van der Waals surface area contributed by atoms with E-state index in [1.54, 1.807) is 20.8 Å². The molecule has 7 nitrogen and oxygen atoms in total. The molecule has 1 aromatic rings. The minimum atomic E-state index is -0.553. The average molecular weight is 313 g/mol. The van der Waals surface area contributed by atoms with Crippen molar-refractivity contribution in [1.82, 2.24) is 4.98 Å². The van der Waals surface area contributed by atoms with Crippen LogP contribution in [0.4, 0.5) is 11.5 Å². The molecule has 0 amide bonds. The first kappa shape index (κ1) is 17.2. The summed E-state index contributed by atoms with van der Waals surface area (Å²) in [5.74, 6) is 0.0842. The van der Waals surface area contributed by atoms with Crippen LogP contribution in [0.5, 0.6) is 0 Å². The molecule has 1 aromatic heterocycles. The normalized spacial score (nSPS) is 11.0. The summed E-state index contributed by atoms with van der Waals surface area (Å²) in [6.45, 7) is 7.82. The molecule has 1 rings (SSSR count). The molecule has 0 aliphatic carbocycles. The van der Waals surface area contributed by atoms with Crippen molar-refractivity contribution in [2.75, 3.05) is 17.6 Å². The number of anilines is 1. The molecular weight excluding hydrogens is 294 g/mol. The highest BCUT2D eigenvalue weighted by Crippen LogP contribution is 2.25. The van der Waals surface area contributed by atoms with E-state index >= 15 is 0 Å². The number of rotatable bonds is 6. The molecular formula is C13H19N3O4S. The number of nitrogens with zero attached hydrogens (tertiary/aromatic N) is 2. The molecule has 21 heavy (non-hydrogen) atoms. The van der Waals surface area contributed by atoms with Crippen molar-refractivity contribution in [3.63, 3.8) is 0 Å². The standard InChI is InChI=1S/C13H19N3O4S/c1-5-14-10-6-9(16(18)19)7-11(15-10)21-8-12(17)20-13(2,3)4/h6-7H,5,8H2,1-4H3,(H,14,15). The Morgan fingerprint density at radius 1 is 1.48 bits per heavy atom. The van der Waals surface area contributed by atoms with E-state index in [-0.39, 0.29) is 17.4 Å². The van der Waals surface area contributed by atoms with Crippen molar-refractivity contribution in [2.24, 2.45) is 0 Å². The second-order valence-electron chi connectivity index (χ2n) is 5.21. The molecule has 0 aliphatic rings. The number of aromatic nitrogens is 1. The minimum absolute atomic E-state index is 0.0526. The fraction of sp³-hybridized carbons (Fsp3) is 0.538. The molecule has 0 saturated carbocycles. The zero-order valence-corrected chi connectivity index (χ0v) is 13.3. The van der Waals surface area contributed by atoms with Gasteiger partial charge < -0.3 is 10.1 Å². The SMILES string of the molecule is CCNc1cc([N+](=O)[O-])cc(SCC(=O)OC(C)(C)C)n1. The zero-order chi connectivity index (χ0) is 16.0. The van der Waals surface area contributed by atoms with Crippen LogP contribution in [0.15, 0.2) is 17.2 Å². The zero-order valence-electron chi connectivity index (χ0n) is 12.5. The molecule has 0 fully saturated rings. The Kier molecular flexibility index (Phi) is 5.95. The second kappa shape index (κ2) is 7.26. The number of thioether (sulfide) groups is 1. The Labute approximate surface area is 127 Å². The van der Waals surface area contributed by atoms with Crippen LogP contribution in [0.25, 0.3) is 0 Å². The number of pyridine rings is 1. The molecule has 1 heterocycles. The van der Waals surface area contributed by atoms with E-state index in [1.165, 1.54) is 12.1 Å². The fourth-order valence-electron chi connectivity index (χ4n) is 1.45. The first-order valence-corrected chi connectivity index (χ1v) is 7.45. The molecule has 1 N–H and O–H groups in total. The summed E-state index contributed by atoms with van der Waals surface area (Å²) in [6.07, 6.45) is 0. The number of nitrogens with one attached hydrogen (secondary N) is 1. The highest BCUT2D eigenvalue weighted by Gasteiger charge is 2.17. The molecule has 0 atom stereocenters. The van der Waals surface area contributed by atoms with Gasteiger partial charge in [0.2, 0.25) is 0 Å². The number of hydrogen-bond donors (Lipinski definition) is 1. The monoisotopic (exact) mass is 313 g/mol. The van der Waals surface area contributed by atoms with Gasteiger partial charge in [0.1, 0.15) is 16.4 Å². The van der Waals surface area contributed by atoms with E-state index < -0.39 is 10.5 Å². The Balaban J connectivity index is 2.78. The van der Waals surface area contributed by atoms with Crippen molar-refractivity contribution in [3.8, 4) is 0 Å². The number of carbonyl (C=O) groups is 1. The molecule has 116 valence electrons. The second-order valence-corrected chi connectivity index (χ2v) is 6.21. The van der Waals surface area contributed by atoms with E-state index in [0.29, 0.717) is 17.4 Å². The lowest BCUT2D eigenvalue weighted by Gasteiger charge is -2.19. The molecule has 0 saturated heterocycles. The quantitative estimate of drug-likeness (QED) is 0.373. The van der Waals surface area contributed by atoms with Gasteiger partial charge in [0.05, 0.1) is 16.7 Å². The molecule has 0 unspecified atom stereocenters. The fourth-order valence-corrected chi connectivity index (χ4v) is 2.14. The Morgan fingerprint density at radius 2 is 2.14 bits per heavy atom. The van der Waals surface area contributed by atoms with Crippen LogP contribution >= 0.6 is 11.8 Å². The predicted octanol–water partition coefficient (Wildman–Crippen LogP) is 2.86. The van der Waals surface area contributed by atoms with Crippen LogP contribution in [-0.4, -0.2) is 33.8 Å². The number of ether oxygens (including phenoxy) is 1. The summed E-state index contributed by atoms with van der Waals surface area (Å²) in [7, 11) is 0. The summed E-state index contributed by atoms with van der Waals surface area (Å²) >= 11 is 1.11. The highest BCUT2D eigenvalue weighted by molar-refractivity contribution is 7.99. The van der Waals surface area contributed by atoms with Gasteiger partial charge in [-0.3, -0.25) is 14.9 Å². The summed E-state index contributed by atoms with van der Waals surface area (Å²) in [6, 6.07) is 2.71. The molecule has 0 bridgehead atoms. The predicted molar refractivity (Wildman–Crippen MR) is 81.6 cm³/mol.